The molecule has 0 spiro atoms. The predicted octanol–water partition coefficient (Wildman–Crippen LogP) is 3.77. The molecule has 0 radical (unpaired) electrons. The summed E-state index contributed by atoms with van der Waals surface area (Å²) >= 11 is 1.27. The van der Waals surface area contributed by atoms with Gasteiger partial charge in [0.2, 0.25) is 5.91 Å². The molecule has 0 saturated carbocycles. The van der Waals surface area contributed by atoms with E-state index in [1.165, 1.54) is 11.8 Å². The number of carbonyl (C=O) groups excluding carboxylic acids is 2. The molecule has 0 unspecified atom stereocenters. The van der Waals surface area contributed by atoms with Crippen molar-refractivity contribution in [2.75, 3.05) is 16.4 Å². The third kappa shape index (κ3) is 5.65. The van der Waals surface area contributed by atoms with Crippen molar-refractivity contribution >= 4 is 35.1 Å². The molecular formula is C20H18N4O2S. The summed E-state index contributed by atoms with van der Waals surface area (Å²) in [6.45, 7) is 1.96. The van der Waals surface area contributed by atoms with E-state index in [0.717, 1.165) is 11.3 Å². The quantitative estimate of drug-likeness (QED) is 0.638. The van der Waals surface area contributed by atoms with E-state index in [0.29, 0.717) is 16.4 Å². The molecular weight excluding hydrogens is 360 g/mol. The minimum absolute atomic E-state index is 0.121. The van der Waals surface area contributed by atoms with Crippen molar-refractivity contribution in [3.05, 3.63) is 77.9 Å². The first-order chi connectivity index (χ1) is 13.1. The zero-order chi connectivity index (χ0) is 19.1. The van der Waals surface area contributed by atoms with E-state index in [9.17, 15) is 9.59 Å². The number of nitrogens with one attached hydrogen (secondary N) is 2. The number of aromatic nitrogens is 2. The van der Waals surface area contributed by atoms with Crippen LogP contribution in [0.2, 0.25) is 0 Å². The van der Waals surface area contributed by atoms with Crippen LogP contribution in [0.25, 0.3) is 0 Å². The summed E-state index contributed by atoms with van der Waals surface area (Å²) < 4.78 is 0. The molecule has 0 aliphatic carbocycles. The van der Waals surface area contributed by atoms with Crippen LogP contribution < -0.4 is 10.6 Å². The van der Waals surface area contributed by atoms with Gasteiger partial charge < -0.3 is 10.6 Å². The lowest BCUT2D eigenvalue weighted by Gasteiger charge is -2.06. The van der Waals surface area contributed by atoms with E-state index in [1.807, 2.05) is 49.4 Å². The van der Waals surface area contributed by atoms with Crippen LogP contribution >= 0.6 is 11.8 Å². The fraction of sp³-hybridized carbons (Fsp3) is 0.100. The van der Waals surface area contributed by atoms with Crippen molar-refractivity contribution in [3.8, 4) is 0 Å². The second kappa shape index (κ2) is 8.95. The molecule has 7 heteroatoms. The number of hydrogen-bond donors (Lipinski definition) is 2. The highest BCUT2D eigenvalue weighted by molar-refractivity contribution is 7.99. The lowest BCUT2D eigenvalue weighted by molar-refractivity contribution is -0.113. The number of amides is 2. The molecule has 2 aromatic carbocycles. The number of carbonyl (C=O) groups is 2. The number of benzene rings is 2. The van der Waals surface area contributed by atoms with Crippen LogP contribution in [-0.4, -0.2) is 27.8 Å². The smallest absolute Gasteiger partial charge is 0.256 e. The number of rotatable bonds is 6. The molecule has 2 N–H and O–H groups in total. The monoisotopic (exact) mass is 378 g/mol. The molecule has 0 atom stereocenters. The Hall–Kier alpha value is -3.19. The molecule has 2 amide bonds. The molecule has 3 rings (SSSR count). The number of aryl methyl sites for hydroxylation is 1. The Labute approximate surface area is 161 Å². The Balaban J connectivity index is 1.50. The maximum Gasteiger partial charge on any atom is 0.256 e. The van der Waals surface area contributed by atoms with Gasteiger partial charge in [0, 0.05) is 11.3 Å². The summed E-state index contributed by atoms with van der Waals surface area (Å²) in [4.78, 5) is 24.1. The summed E-state index contributed by atoms with van der Waals surface area (Å²) in [6.07, 6.45) is 0. The van der Waals surface area contributed by atoms with Crippen molar-refractivity contribution in [1.82, 2.24) is 10.2 Å². The molecule has 27 heavy (non-hydrogen) atoms. The highest BCUT2D eigenvalue weighted by Gasteiger charge is 2.08. The summed E-state index contributed by atoms with van der Waals surface area (Å²) in [6, 6.07) is 19.9. The Morgan fingerprint density at radius 1 is 0.889 bits per heavy atom. The number of anilines is 2. The topological polar surface area (TPSA) is 84.0 Å². The first-order valence-electron chi connectivity index (χ1n) is 8.29. The van der Waals surface area contributed by atoms with Gasteiger partial charge in [-0.15, -0.1) is 10.2 Å². The molecule has 3 aromatic rings. The van der Waals surface area contributed by atoms with Gasteiger partial charge in [-0.1, -0.05) is 47.7 Å². The van der Waals surface area contributed by atoms with Gasteiger partial charge in [-0.05, 0) is 43.3 Å². The highest BCUT2D eigenvalue weighted by atomic mass is 32.2. The number of para-hydroxylation sites is 1. The van der Waals surface area contributed by atoms with Crippen LogP contribution in [0.4, 0.5) is 11.5 Å². The van der Waals surface area contributed by atoms with E-state index < -0.39 is 0 Å². The summed E-state index contributed by atoms with van der Waals surface area (Å²) in [5.74, 6) is 0.217. The lowest BCUT2D eigenvalue weighted by atomic mass is 10.1. The van der Waals surface area contributed by atoms with Crippen LogP contribution in [0.3, 0.4) is 0 Å². The number of hydrogen-bond acceptors (Lipinski definition) is 5. The van der Waals surface area contributed by atoms with Crippen LogP contribution in [0.5, 0.6) is 0 Å². The maximum atomic E-state index is 12.2. The Kier molecular flexibility index (Phi) is 6.17. The van der Waals surface area contributed by atoms with Gasteiger partial charge >= 0.3 is 0 Å². The van der Waals surface area contributed by atoms with Gasteiger partial charge in [0.05, 0.1) is 5.75 Å². The standard InChI is InChI=1S/C20H18N4O2S/c1-14-7-9-15(10-8-14)20(26)22-17-11-12-19(24-23-17)27-13-18(25)21-16-5-3-2-4-6-16/h2-12H,13H2,1H3,(H,21,25)(H,22,23,26). The second-order valence-corrected chi connectivity index (χ2v) is 6.78. The minimum atomic E-state index is -0.244. The normalized spacial score (nSPS) is 10.3. The third-order valence-electron chi connectivity index (χ3n) is 3.60. The SMILES string of the molecule is Cc1ccc(C(=O)Nc2ccc(SCC(=O)Nc3ccccc3)nn2)cc1. The number of nitrogens with zero attached hydrogens (tertiary/aromatic N) is 2. The van der Waals surface area contributed by atoms with Crippen molar-refractivity contribution in [2.45, 2.75) is 11.9 Å². The Bertz CT molecular complexity index is 913. The third-order valence-corrected chi connectivity index (χ3v) is 4.52. The zero-order valence-corrected chi connectivity index (χ0v) is 15.5. The van der Waals surface area contributed by atoms with E-state index in [2.05, 4.69) is 20.8 Å². The molecule has 0 saturated heterocycles. The average Bonchev–Trinajstić information content (AvgIpc) is 2.69. The molecule has 6 nitrogen and oxygen atoms in total. The molecule has 136 valence electrons. The van der Waals surface area contributed by atoms with E-state index in [4.69, 9.17) is 0 Å². The van der Waals surface area contributed by atoms with E-state index in [-0.39, 0.29) is 17.6 Å². The van der Waals surface area contributed by atoms with Gasteiger partial charge in [-0.25, -0.2) is 0 Å². The molecule has 0 aliphatic rings. The molecule has 0 bridgehead atoms. The first-order valence-corrected chi connectivity index (χ1v) is 9.28. The second-order valence-electron chi connectivity index (χ2n) is 5.78. The Morgan fingerprint density at radius 2 is 1.63 bits per heavy atom. The first kappa shape index (κ1) is 18.6. The largest absolute Gasteiger partial charge is 0.325 e. The fourth-order valence-corrected chi connectivity index (χ4v) is 2.83. The average molecular weight is 378 g/mol. The van der Waals surface area contributed by atoms with Crippen molar-refractivity contribution < 1.29 is 9.59 Å². The number of thioether (sulfide) groups is 1. The van der Waals surface area contributed by atoms with Gasteiger partial charge in [0.1, 0.15) is 5.03 Å². The lowest BCUT2D eigenvalue weighted by Crippen LogP contribution is -2.14. The molecule has 1 heterocycles. The van der Waals surface area contributed by atoms with Crippen molar-refractivity contribution in [3.63, 3.8) is 0 Å². The minimum Gasteiger partial charge on any atom is -0.325 e. The molecule has 0 fully saturated rings. The molecule has 0 aliphatic heterocycles. The maximum absolute atomic E-state index is 12.2. The van der Waals surface area contributed by atoms with Crippen LogP contribution in [0.15, 0.2) is 71.8 Å². The summed E-state index contributed by atoms with van der Waals surface area (Å²) in [5.41, 5.74) is 2.39. The van der Waals surface area contributed by atoms with Crippen LogP contribution in [-0.2, 0) is 4.79 Å². The highest BCUT2D eigenvalue weighted by Crippen LogP contribution is 2.16. The van der Waals surface area contributed by atoms with Gasteiger partial charge in [-0.3, -0.25) is 9.59 Å². The van der Waals surface area contributed by atoms with E-state index >= 15 is 0 Å². The fourth-order valence-electron chi connectivity index (χ4n) is 2.22. The van der Waals surface area contributed by atoms with Gasteiger partial charge in [0.25, 0.3) is 5.91 Å². The van der Waals surface area contributed by atoms with Gasteiger partial charge in [-0.2, -0.15) is 0 Å². The van der Waals surface area contributed by atoms with Crippen LogP contribution in [0, 0.1) is 6.92 Å². The van der Waals surface area contributed by atoms with Gasteiger partial charge in [0.15, 0.2) is 5.82 Å². The molecule has 1 aromatic heterocycles. The summed E-state index contributed by atoms with van der Waals surface area (Å²) in [5, 5.41) is 14.1. The van der Waals surface area contributed by atoms with Crippen molar-refractivity contribution in [2.24, 2.45) is 0 Å². The summed E-state index contributed by atoms with van der Waals surface area (Å²) in [7, 11) is 0. The van der Waals surface area contributed by atoms with Crippen LogP contribution in [0.1, 0.15) is 15.9 Å². The Morgan fingerprint density at radius 3 is 2.30 bits per heavy atom. The zero-order valence-electron chi connectivity index (χ0n) is 14.7. The van der Waals surface area contributed by atoms with E-state index in [1.54, 1.807) is 24.3 Å². The van der Waals surface area contributed by atoms with Crippen molar-refractivity contribution in [1.29, 1.82) is 0 Å². The predicted molar refractivity (Wildman–Crippen MR) is 107 cm³/mol.